The second kappa shape index (κ2) is 9.45. The molecule has 1 fully saturated rings. The Morgan fingerprint density at radius 2 is 2.43 bits per heavy atom. The third kappa shape index (κ3) is 4.89. The molecule has 2 unspecified atom stereocenters. The van der Waals surface area contributed by atoms with Crippen LogP contribution in [0.5, 0.6) is 0 Å². The molecule has 2 heterocycles. The van der Waals surface area contributed by atoms with Gasteiger partial charge in [-0.15, -0.1) is 0 Å². The Labute approximate surface area is 144 Å². The number of ether oxygens (including phenoxy) is 1. The van der Waals surface area contributed by atoms with E-state index in [2.05, 4.69) is 61.5 Å². The largest absolute Gasteiger partial charge is 0.383 e. The quantitative estimate of drug-likeness (QED) is 0.733. The van der Waals surface area contributed by atoms with E-state index in [4.69, 9.17) is 4.74 Å². The van der Waals surface area contributed by atoms with Crippen molar-refractivity contribution in [2.75, 3.05) is 37.5 Å². The lowest BCUT2D eigenvalue weighted by Crippen LogP contribution is -2.36. The molecule has 120 valence electrons. The summed E-state index contributed by atoms with van der Waals surface area (Å²) < 4.78 is 8.39. The van der Waals surface area contributed by atoms with Gasteiger partial charge in [-0.2, -0.15) is 28.6 Å². The minimum atomic E-state index is 0.344. The molecule has 0 saturated carbocycles. The smallest absolute Gasteiger partial charge is 0.0708 e. The lowest BCUT2D eigenvalue weighted by molar-refractivity contribution is 0.181. The number of methoxy groups -OCH3 is 1. The van der Waals surface area contributed by atoms with E-state index in [1.54, 1.807) is 7.11 Å². The molecule has 1 saturated heterocycles. The van der Waals surface area contributed by atoms with Crippen LogP contribution in [0.15, 0.2) is 10.7 Å². The van der Waals surface area contributed by atoms with E-state index in [-0.39, 0.29) is 0 Å². The van der Waals surface area contributed by atoms with Gasteiger partial charge in [0.25, 0.3) is 0 Å². The van der Waals surface area contributed by atoms with Crippen molar-refractivity contribution >= 4 is 39.5 Å². The predicted octanol–water partition coefficient (Wildman–Crippen LogP) is 3.18. The number of hydrogen-bond donors (Lipinski definition) is 1. The topological polar surface area (TPSA) is 39.1 Å². The highest BCUT2D eigenvalue weighted by molar-refractivity contribution is 9.10. The van der Waals surface area contributed by atoms with Gasteiger partial charge in [0, 0.05) is 29.6 Å². The van der Waals surface area contributed by atoms with Crippen molar-refractivity contribution in [2.24, 2.45) is 0 Å². The minimum absolute atomic E-state index is 0.344. The van der Waals surface area contributed by atoms with Gasteiger partial charge < -0.3 is 10.1 Å². The van der Waals surface area contributed by atoms with E-state index >= 15 is 0 Å². The van der Waals surface area contributed by atoms with Gasteiger partial charge in [0.2, 0.25) is 0 Å². The average molecular weight is 394 g/mol. The molecule has 1 N–H and O–H groups in total. The van der Waals surface area contributed by atoms with Gasteiger partial charge in [-0.1, -0.05) is 6.92 Å². The first-order chi connectivity index (χ1) is 10.3. The highest BCUT2D eigenvalue weighted by atomic mass is 79.9. The molecule has 1 aromatic rings. The van der Waals surface area contributed by atoms with Crippen molar-refractivity contribution in [3.8, 4) is 0 Å². The number of nitrogens with one attached hydrogen (secondary N) is 1. The zero-order valence-electron chi connectivity index (χ0n) is 12.7. The van der Waals surface area contributed by atoms with Gasteiger partial charge in [0.1, 0.15) is 0 Å². The maximum Gasteiger partial charge on any atom is 0.0708 e. The maximum atomic E-state index is 5.21. The standard InChI is InChI=1S/C14H24BrN3OS2/c1-3-4-16-13(12-10-20-7-8-21-12)14-11(15)9-17-18(14)5-6-19-2/h9,12-13,16H,3-8,10H2,1-2H3. The average Bonchev–Trinajstić information content (AvgIpc) is 2.88. The fourth-order valence-electron chi connectivity index (χ4n) is 2.44. The third-order valence-electron chi connectivity index (χ3n) is 3.46. The Morgan fingerprint density at radius 3 is 3.10 bits per heavy atom. The molecule has 1 aliphatic heterocycles. The van der Waals surface area contributed by atoms with Gasteiger partial charge in [-0.3, -0.25) is 4.68 Å². The summed E-state index contributed by atoms with van der Waals surface area (Å²) in [4.78, 5) is 0. The van der Waals surface area contributed by atoms with Gasteiger partial charge in [0.15, 0.2) is 0 Å². The first-order valence-corrected chi connectivity index (χ1v) is 10.4. The maximum absolute atomic E-state index is 5.21. The van der Waals surface area contributed by atoms with Crippen molar-refractivity contribution in [1.82, 2.24) is 15.1 Å². The first kappa shape index (κ1) is 17.7. The molecule has 7 heteroatoms. The van der Waals surface area contributed by atoms with E-state index in [9.17, 15) is 0 Å². The summed E-state index contributed by atoms with van der Waals surface area (Å²) in [6, 6.07) is 0.344. The summed E-state index contributed by atoms with van der Waals surface area (Å²) in [5, 5.41) is 8.85. The van der Waals surface area contributed by atoms with Crippen LogP contribution >= 0.6 is 39.5 Å². The second-order valence-corrected chi connectivity index (χ2v) is 8.36. The number of halogens is 1. The van der Waals surface area contributed by atoms with Crippen LogP contribution in [0.25, 0.3) is 0 Å². The van der Waals surface area contributed by atoms with E-state index < -0.39 is 0 Å². The van der Waals surface area contributed by atoms with Crippen LogP contribution in [-0.4, -0.2) is 52.6 Å². The molecule has 0 bridgehead atoms. The van der Waals surface area contributed by atoms with Gasteiger partial charge in [0.05, 0.1) is 35.6 Å². The normalized spacial score (nSPS) is 20.6. The summed E-state index contributed by atoms with van der Waals surface area (Å²) >= 11 is 7.83. The highest BCUT2D eigenvalue weighted by Gasteiger charge is 2.29. The van der Waals surface area contributed by atoms with Crippen LogP contribution in [0.4, 0.5) is 0 Å². The molecule has 1 aliphatic rings. The third-order valence-corrected chi connectivity index (χ3v) is 6.94. The molecule has 0 spiro atoms. The zero-order valence-corrected chi connectivity index (χ0v) is 15.9. The molecule has 0 aliphatic carbocycles. The number of thioether (sulfide) groups is 2. The van der Waals surface area contributed by atoms with E-state index in [1.165, 1.54) is 23.0 Å². The number of rotatable bonds is 8. The molecule has 4 nitrogen and oxygen atoms in total. The SMILES string of the molecule is CCCNC(c1c(Br)cnn1CCOC)C1CSCCS1. The Hall–Kier alpha value is 0.310. The van der Waals surface area contributed by atoms with Gasteiger partial charge in [-0.05, 0) is 28.9 Å². The molecule has 0 amide bonds. The van der Waals surface area contributed by atoms with Crippen LogP contribution < -0.4 is 5.32 Å². The highest BCUT2D eigenvalue weighted by Crippen LogP contribution is 2.36. The van der Waals surface area contributed by atoms with Crippen molar-refractivity contribution in [2.45, 2.75) is 31.2 Å². The molecule has 1 aromatic heterocycles. The first-order valence-electron chi connectivity index (χ1n) is 7.40. The van der Waals surface area contributed by atoms with E-state index in [0.29, 0.717) is 17.9 Å². The molecule has 0 radical (unpaired) electrons. The number of hydrogen-bond acceptors (Lipinski definition) is 5. The van der Waals surface area contributed by atoms with Crippen LogP contribution in [0, 0.1) is 0 Å². The van der Waals surface area contributed by atoms with Crippen molar-refractivity contribution in [3.63, 3.8) is 0 Å². The van der Waals surface area contributed by atoms with Crippen molar-refractivity contribution < 1.29 is 4.74 Å². The summed E-state index contributed by atoms with van der Waals surface area (Å²) in [7, 11) is 1.73. The Bertz CT molecular complexity index is 424. The monoisotopic (exact) mass is 393 g/mol. The second-order valence-electron chi connectivity index (χ2n) is 5.01. The van der Waals surface area contributed by atoms with Crippen molar-refractivity contribution in [3.05, 3.63) is 16.4 Å². The number of nitrogens with zero attached hydrogens (tertiary/aromatic N) is 2. The fourth-order valence-corrected chi connectivity index (χ4v) is 5.82. The summed E-state index contributed by atoms with van der Waals surface area (Å²) in [6.07, 6.45) is 3.05. The molecular weight excluding hydrogens is 370 g/mol. The molecule has 0 aromatic carbocycles. The van der Waals surface area contributed by atoms with E-state index in [1.807, 2.05) is 6.20 Å². The summed E-state index contributed by atoms with van der Waals surface area (Å²) in [6.45, 7) is 4.73. The molecule has 21 heavy (non-hydrogen) atoms. The minimum Gasteiger partial charge on any atom is -0.383 e. The van der Waals surface area contributed by atoms with Crippen LogP contribution in [-0.2, 0) is 11.3 Å². The Balaban J connectivity index is 2.19. The Kier molecular flexibility index (Phi) is 7.95. The van der Waals surface area contributed by atoms with Crippen LogP contribution in [0.3, 0.4) is 0 Å². The predicted molar refractivity (Wildman–Crippen MR) is 96.4 cm³/mol. The summed E-state index contributed by atoms with van der Waals surface area (Å²) in [5.74, 6) is 3.71. The molecular formula is C14H24BrN3OS2. The lowest BCUT2D eigenvalue weighted by Gasteiger charge is -2.31. The Morgan fingerprint density at radius 1 is 1.57 bits per heavy atom. The van der Waals surface area contributed by atoms with Crippen LogP contribution in [0.2, 0.25) is 0 Å². The fraction of sp³-hybridized carbons (Fsp3) is 0.786. The van der Waals surface area contributed by atoms with E-state index in [0.717, 1.165) is 24.0 Å². The summed E-state index contributed by atoms with van der Waals surface area (Å²) in [5.41, 5.74) is 1.26. The van der Waals surface area contributed by atoms with Crippen LogP contribution in [0.1, 0.15) is 25.1 Å². The number of aromatic nitrogens is 2. The zero-order chi connectivity index (χ0) is 15.1. The van der Waals surface area contributed by atoms with Gasteiger partial charge in [-0.25, -0.2) is 0 Å². The molecule has 2 rings (SSSR count). The lowest BCUT2D eigenvalue weighted by atomic mass is 10.1. The molecule has 2 atom stereocenters. The van der Waals surface area contributed by atoms with Gasteiger partial charge >= 0.3 is 0 Å². The van der Waals surface area contributed by atoms with Crippen molar-refractivity contribution in [1.29, 1.82) is 0 Å².